The SMILES string of the molecule is Nc1cc(F)c(C(F)F)c(CBr)n1. The third-order valence-corrected chi connectivity index (χ3v) is 1.98. The van der Waals surface area contributed by atoms with Crippen LogP contribution in [0, 0.1) is 5.82 Å². The largest absolute Gasteiger partial charge is 0.384 e. The van der Waals surface area contributed by atoms with Gasteiger partial charge in [0.15, 0.2) is 0 Å². The van der Waals surface area contributed by atoms with Crippen LogP contribution in [0.1, 0.15) is 17.7 Å². The fourth-order valence-corrected chi connectivity index (χ4v) is 1.35. The zero-order chi connectivity index (χ0) is 10.0. The van der Waals surface area contributed by atoms with Gasteiger partial charge in [0.25, 0.3) is 6.43 Å². The van der Waals surface area contributed by atoms with Crippen molar-refractivity contribution in [3.63, 3.8) is 0 Å². The van der Waals surface area contributed by atoms with Crippen molar-refractivity contribution >= 4 is 21.7 Å². The summed E-state index contributed by atoms with van der Waals surface area (Å²) >= 11 is 2.93. The Labute approximate surface area is 81.1 Å². The van der Waals surface area contributed by atoms with Gasteiger partial charge in [-0.3, -0.25) is 0 Å². The molecule has 72 valence electrons. The van der Waals surface area contributed by atoms with Gasteiger partial charge in [-0.05, 0) is 0 Å². The summed E-state index contributed by atoms with van der Waals surface area (Å²) in [7, 11) is 0. The number of pyridine rings is 1. The number of alkyl halides is 3. The number of hydrogen-bond donors (Lipinski definition) is 1. The fourth-order valence-electron chi connectivity index (χ4n) is 0.926. The predicted octanol–water partition coefficient (Wildman–Crippen LogP) is 2.64. The van der Waals surface area contributed by atoms with Crippen LogP contribution in [0.15, 0.2) is 6.07 Å². The van der Waals surface area contributed by atoms with Crippen molar-refractivity contribution in [3.05, 3.63) is 23.1 Å². The van der Waals surface area contributed by atoms with Crippen molar-refractivity contribution in [1.29, 1.82) is 0 Å². The minimum absolute atomic E-state index is 0.0502. The van der Waals surface area contributed by atoms with Gasteiger partial charge >= 0.3 is 0 Å². The van der Waals surface area contributed by atoms with Gasteiger partial charge in [0.2, 0.25) is 0 Å². The fraction of sp³-hybridized carbons (Fsp3) is 0.286. The first kappa shape index (κ1) is 10.3. The Kier molecular flexibility index (Phi) is 3.13. The van der Waals surface area contributed by atoms with E-state index >= 15 is 0 Å². The van der Waals surface area contributed by atoms with Crippen LogP contribution in [0.25, 0.3) is 0 Å². The van der Waals surface area contributed by atoms with E-state index in [9.17, 15) is 13.2 Å². The maximum absolute atomic E-state index is 12.9. The zero-order valence-electron chi connectivity index (χ0n) is 6.40. The predicted molar refractivity (Wildman–Crippen MR) is 46.2 cm³/mol. The Balaban J connectivity index is 3.30. The minimum atomic E-state index is -2.87. The van der Waals surface area contributed by atoms with Gasteiger partial charge in [-0.15, -0.1) is 0 Å². The van der Waals surface area contributed by atoms with Gasteiger partial charge in [-0.1, -0.05) is 15.9 Å². The van der Waals surface area contributed by atoms with Gasteiger partial charge in [-0.2, -0.15) is 0 Å². The number of rotatable bonds is 2. The second kappa shape index (κ2) is 3.95. The molecular formula is C7H6BrF3N2. The molecule has 1 heterocycles. The molecule has 0 saturated carbocycles. The van der Waals surface area contributed by atoms with Crippen LogP contribution in [-0.2, 0) is 5.33 Å². The lowest BCUT2D eigenvalue weighted by molar-refractivity contribution is 0.145. The monoisotopic (exact) mass is 254 g/mol. The Bertz CT molecular complexity index is 317. The second-order valence-electron chi connectivity index (χ2n) is 2.32. The third-order valence-electron chi connectivity index (χ3n) is 1.45. The van der Waals surface area contributed by atoms with Crippen molar-refractivity contribution in [2.24, 2.45) is 0 Å². The van der Waals surface area contributed by atoms with E-state index in [0.29, 0.717) is 0 Å². The number of nitrogen functional groups attached to an aromatic ring is 1. The lowest BCUT2D eigenvalue weighted by Gasteiger charge is -2.07. The molecular weight excluding hydrogens is 249 g/mol. The molecule has 13 heavy (non-hydrogen) atoms. The Morgan fingerprint density at radius 3 is 2.62 bits per heavy atom. The normalized spacial score (nSPS) is 10.8. The summed E-state index contributed by atoms with van der Waals surface area (Å²) in [4.78, 5) is 3.58. The minimum Gasteiger partial charge on any atom is -0.384 e. The van der Waals surface area contributed by atoms with Gasteiger partial charge < -0.3 is 5.73 Å². The van der Waals surface area contributed by atoms with Crippen LogP contribution in [0.4, 0.5) is 19.0 Å². The summed E-state index contributed by atoms with van der Waals surface area (Å²) in [5, 5.41) is 0.0502. The third kappa shape index (κ3) is 2.12. The van der Waals surface area contributed by atoms with Gasteiger partial charge in [0, 0.05) is 11.4 Å². The topological polar surface area (TPSA) is 38.9 Å². The molecule has 1 aromatic rings. The molecule has 0 aliphatic heterocycles. The van der Waals surface area contributed by atoms with E-state index < -0.39 is 17.8 Å². The summed E-state index contributed by atoms with van der Waals surface area (Å²) in [5.74, 6) is -1.12. The Hall–Kier alpha value is -0.780. The zero-order valence-corrected chi connectivity index (χ0v) is 7.98. The molecule has 0 radical (unpaired) electrons. The van der Waals surface area contributed by atoms with Crippen molar-refractivity contribution in [3.8, 4) is 0 Å². The van der Waals surface area contributed by atoms with E-state index in [1.54, 1.807) is 0 Å². The molecule has 2 N–H and O–H groups in total. The molecule has 1 aromatic heterocycles. The Morgan fingerprint density at radius 2 is 2.15 bits per heavy atom. The van der Waals surface area contributed by atoms with E-state index in [4.69, 9.17) is 5.73 Å². The van der Waals surface area contributed by atoms with Crippen LogP contribution in [0.2, 0.25) is 0 Å². The summed E-state index contributed by atoms with van der Waals surface area (Å²) in [5.41, 5.74) is 4.44. The van der Waals surface area contributed by atoms with Gasteiger partial charge in [0.1, 0.15) is 11.6 Å². The summed E-state index contributed by atoms with van der Waals surface area (Å²) in [6.07, 6.45) is -2.87. The molecule has 6 heteroatoms. The van der Waals surface area contributed by atoms with Crippen molar-refractivity contribution in [1.82, 2.24) is 4.98 Å². The van der Waals surface area contributed by atoms with Crippen molar-refractivity contribution in [2.75, 3.05) is 5.73 Å². The molecule has 0 aromatic carbocycles. The highest BCUT2D eigenvalue weighted by Gasteiger charge is 2.19. The van der Waals surface area contributed by atoms with Crippen molar-refractivity contribution in [2.45, 2.75) is 11.8 Å². The summed E-state index contributed by atoms with van der Waals surface area (Å²) in [6.45, 7) is 0. The van der Waals surface area contributed by atoms with Crippen LogP contribution in [0.3, 0.4) is 0 Å². The molecule has 0 atom stereocenters. The van der Waals surface area contributed by atoms with Crippen LogP contribution in [-0.4, -0.2) is 4.98 Å². The van der Waals surface area contributed by atoms with E-state index in [0.717, 1.165) is 6.07 Å². The summed E-state index contributed by atoms with van der Waals surface area (Å²) in [6, 6.07) is 0.785. The highest BCUT2D eigenvalue weighted by molar-refractivity contribution is 9.08. The number of nitrogens with two attached hydrogens (primary N) is 1. The lowest BCUT2D eigenvalue weighted by Crippen LogP contribution is -2.03. The van der Waals surface area contributed by atoms with E-state index in [-0.39, 0.29) is 16.8 Å². The molecule has 0 spiro atoms. The smallest absolute Gasteiger partial charge is 0.268 e. The molecule has 0 fully saturated rings. The number of hydrogen-bond acceptors (Lipinski definition) is 2. The quantitative estimate of drug-likeness (QED) is 0.825. The Morgan fingerprint density at radius 1 is 1.54 bits per heavy atom. The first-order chi connectivity index (χ1) is 6.06. The number of halogens is 4. The van der Waals surface area contributed by atoms with Crippen LogP contribution >= 0.6 is 15.9 Å². The standard InChI is InChI=1S/C7H6BrF3N2/c8-2-4-6(7(10)11)3(9)1-5(12)13-4/h1,7H,2H2,(H2,12,13). The number of nitrogens with zero attached hydrogens (tertiary/aromatic N) is 1. The highest BCUT2D eigenvalue weighted by atomic mass is 79.9. The van der Waals surface area contributed by atoms with Gasteiger partial charge in [0.05, 0.1) is 11.3 Å². The molecule has 0 bridgehead atoms. The van der Waals surface area contributed by atoms with Crippen LogP contribution in [0.5, 0.6) is 0 Å². The molecule has 0 saturated heterocycles. The molecule has 0 unspecified atom stereocenters. The van der Waals surface area contributed by atoms with E-state index in [2.05, 4.69) is 20.9 Å². The number of anilines is 1. The van der Waals surface area contributed by atoms with Crippen molar-refractivity contribution < 1.29 is 13.2 Å². The maximum Gasteiger partial charge on any atom is 0.268 e. The average Bonchev–Trinajstić information content (AvgIpc) is 2.01. The first-order valence-corrected chi connectivity index (χ1v) is 4.47. The van der Waals surface area contributed by atoms with E-state index in [1.807, 2.05) is 0 Å². The summed E-state index contributed by atoms with van der Waals surface area (Å²) < 4.78 is 37.5. The highest BCUT2D eigenvalue weighted by Crippen LogP contribution is 2.27. The second-order valence-corrected chi connectivity index (χ2v) is 2.88. The molecule has 0 aliphatic rings. The van der Waals surface area contributed by atoms with E-state index in [1.165, 1.54) is 0 Å². The maximum atomic E-state index is 12.9. The molecule has 0 amide bonds. The van der Waals surface area contributed by atoms with Crippen LogP contribution < -0.4 is 5.73 Å². The molecule has 0 aliphatic carbocycles. The number of aromatic nitrogens is 1. The lowest BCUT2D eigenvalue weighted by atomic mass is 10.2. The van der Waals surface area contributed by atoms with Gasteiger partial charge in [-0.25, -0.2) is 18.2 Å². The molecule has 2 nitrogen and oxygen atoms in total. The molecule has 1 rings (SSSR count). The first-order valence-electron chi connectivity index (χ1n) is 3.35. The average molecular weight is 255 g/mol.